The van der Waals surface area contributed by atoms with E-state index in [1.807, 2.05) is 35.7 Å². The molecule has 7 heteroatoms. The van der Waals surface area contributed by atoms with Gasteiger partial charge in [0.15, 0.2) is 5.54 Å². The normalized spacial score (nSPS) is 29.9. The Bertz CT molecular complexity index is 883. The van der Waals surface area contributed by atoms with Gasteiger partial charge in [0.1, 0.15) is 0 Å². The lowest BCUT2D eigenvalue weighted by molar-refractivity contribution is -0.154. The number of hydrogen-bond donors (Lipinski definition) is 1. The summed E-state index contributed by atoms with van der Waals surface area (Å²) in [6.45, 7) is 2.06. The van der Waals surface area contributed by atoms with Gasteiger partial charge in [0.05, 0.1) is 25.0 Å². The summed E-state index contributed by atoms with van der Waals surface area (Å²) in [5.74, 6) is -2.60. The van der Waals surface area contributed by atoms with Gasteiger partial charge in [0, 0.05) is 11.4 Å². The topological polar surface area (TPSA) is 75.7 Å². The van der Waals surface area contributed by atoms with Gasteiger partial charge in [0.2, 0.25) is 11.8 Å². The number of esters is 1. The molecule has 1 aromatic heterocycles. The molecule has 4 rings (SSSR count). The minimum Gasteiger partial charge on any atom is -0.467 e. The molecule has 0 bridgehead atoms. The summed E-state index contributed by atoms with van der Waals surface area (Å²) in [6, 6.07) is 12.5. The molecule has 0 unspecified atom stereocenters. The van der Waals surface area contributed by atoms with Crippen LogP contribution in [-0.4, -0.2) is 36.3 Å². The molecule has 0 spiro atoms. The minimum absolute atomic E-state index is 0.236. The van der Waals surface area contributed by atoms with Crippen LogP contribution >= 0.6 is 11.3 Å². The molecule has 0 radical (unpaired) electrons. The molecular weight excluding hydrogens is 364 g/mol. The van der Waals surface area contributed by atoms with Crippen molar-refractivity contribution in [2.45, 2.75) is 18.5 Å². The number of carbonyl (C=O) groups excluding carboxylic acids is 3. The smallest absolute Gasteiger partial charge is 0.331 e. The van der Waals surface area contributed by atoms with Gasteiger partial charge in [-0.05, 0) is 23.9 Å². The first-order valence-electron chi connectivity index (χ1n) is 8.86. The molecule has 1 N–H and O–H groups in total. The molecule has 3 heterocycles. The maximum absolute atomic E-state index is 13.2. The molecule has 1 aromatic carbocycles. The second-order valence-electron chi connectivity index (χ2n) is 6.73. The second kappa shape index (κ2) is 6.58. The van der Waals surface area contributed by atoms with Crippen molar-refractivity contribution < 1.29 is 19.1 Å². The predicted octanol–water partition coefficient (Wildman–Crippen LogP) is 2.08. The van der Waals surface area contributed by atoms with Crippen LogP contribution in [0.15, 0.2) is 47.8 Å². The molecule has 2 aromatic rings. The number of rotatable bonds is 4. The maximum atomic E-state index is 13.2. The SMILES string of the molecule is CCN1C(=O)[C@H]2[C@@H](C1=O)[C@@](C(=O)OC)(c1ccccc1)N[C@H]2c1cccs1. The molecule has 2 saturated heterocycles. The maximum Gasteiger partial charge on any atom is 0.331 e. The van der Waals surface area contributed by atoms with Gasteiger partial charge >= 0.3 is 5.97 Å². The Hall–Kier alpha value is -2.51. The lowest BCUT2D eigenvalue weighted by Gasteiger charge is -2.32. The summed E-state index contributed by atoms with van der Waals surface area (Å²) in [7, 11) is 1.31. The number of nitrogens with one attached hydrogen (secondary N) is 1. The standard InChI is InChI=1S/C20H20N2O4S/c1-3-22-17(23)14-15(18(22)24)20(19(25)26-2,12-8-5-4-6-9-12)21-16(14)13-10-7-11-27-13/h4-11,14-16,21H,3H2,1-2H3/t14-,15-,16-,20+/m0/s1. The molecule has 140 valence electrons. The third-order valence-electron chi connectivity index (χ3n) is 5.55. The Morgan fingerprint density at radius 1 is 1.19 bits per heavy atom. The molecule has 4 atom stereocenters. The summed E-state index contributed by atoms with van der Waals surface area (Å²) >= 11 is 1.50. The second-order valence-corrected chi connectivity index (χ2v) is 7.71. The van der Waals surface area contributed by atoms with Crippen LogP contribution in [0.5, 0.6) is 0 Å². The fourth-order valence-electron chi connectivity index (χ4n) is 4.42. The number of carbonyl (C=O) groups is 3. The molecule has 2 fully saturated rings. The largest absolute Gasteiger partial charge is 0.467 e. The summed E-state index contributed by atoms with van der Waals surface area (Å²) < 4.78 is 5.14. The zero-order valence-electron chi connectivity index (χ0n) is 15.0. The molecule has 2 amide bonds. The molecule has 6 nitrogen and oxygen atoms in total. The zero-order chi connectivity index (χ0) is 19.2. The van der Waals surface area contributed by atoms with Crippen molar-refractivity contribution in [2.24, 2.45) is 11.8 Å². The van der Waals surface area contributed by atoms with Crippen molar-refractivity contribution in [1.82, 2.24) is 10.2 Å². The van der Waals surface area contributed by atoms with E-state index in [1.54, 1.807) is 19.1 Å². The van der Waals surface area contributed by atoms with Crippen LogP contribution in [0.3, 0.4) is 0 Å². The Balaban J connectivity index is 1.95. The number of likely N-dealkylation sites (tertiary alicyclic amines) is 1. The lowest BCUT2D eigenvalue weighted by atomic mass is 9.75. The van der Waals surface area contributed by atoms with Crippen molar-refractivity contribution in [2.75, 3.05) is 13.7 Å². The quantitative estimate of drug-likeness (QED) is 0.645. The number of methoxy groups -OCH3 is 1. The van der Waals surface area contributed by atoms with Crippen molar-refractivity contribution in [3.8, 4) is 0 Å². The first-order valence-corrected chi connectivity index (χ1v) is 9.74. The highest BCUT2D eigenvalue weighted by Crippen LogP contribution is 2.53. The minimum atomic E-state index is -1.40. The molecule has 2 aliphatic rings. The van der Waals surface area contributed by atoms with E-state index in [2.05, 4.69) is 5.32 Å². The van der Waals surface area contributed by atoms with Crippen LogP contribution in [0.4, 0.5) is 0 Å². The fourth-order valence-corrected chi connectivity index (χ4v) is 5.25. The van der Waals surface area contributed by atoms with Crippen LogP contribution < -0.4 is 5.32 Å². The monoisotopic (exact) mass is 384 g/mol. The molecule has 0 saturated carbocycles. The average Bonchev–Trinajstić information content (AvgIpc) is 3.39. The summed E-state index contributed by atoms with van der Waals surface area (Å²) in [5, 5.41) is 5.27. The van der Waals surface area contributed by atoms with Gasteiger partial charge in [-0.1, -0.05) is 36.4 Å². The van der Waals surface area contributed by atoms with Crippen LogP contribution in [0.1, 0.15) is 23.4 Å². The Morgan fingerprint density at radius 3 is 2.52 bits per heavy atom. The van der Waals surface area contributed by atoms with E-state index >= 15 is 0 Å². The summed E-state index contributed by atoms with van der Waals surface area (Å²) in [6.07, 6.45) is 0. The van der Waals surface area contributed by atoms with Crippen LogP contribution in [0.25, 0.3) is 0 Å². The van der Waals surface area contributed by atoms with Gasteiger partial charge in [-0.2, -0.15) is 0 Å². The molecule has 27 heavy (non-hydrogen) atoms. The van der Waals surface area contributed by atoms with Gasteiger partial charge in [-0.25, -0.2) is 4.79 Å². The number of thiophene rings is 1. The van der Waals surface area contributed by atoms with Crippen molar-refractivity contribution in [3.05, 3.63) is 58.3 Å². The molecular formula is C20H20N2O4S. The number of hydrogen-bond acceptors (Lipinski definition) is 6. The Kier molecular flexibility index (Phi) is 4.36. The lowest BCUT2D eigenvalue weighted by Crippen LogP contribution is -2.53. The molecule has 2 aliphatic heterocycles. The van der Waals surface area contributed by atoms with Crippen LogP contribution in [0, 0.1) is 11.8 Å². The first-order chi connectivity index (χ1) is 13.1. The predicted molar refractivity (Wildman–Crippen MR) is 99.7 cm³/mol. The third kappa shape index (κ3) is 2.38. The Labute approximate surface area is 161 Å². The Morgan fingerprint density at radius 2 is 1.93 bits per heavy atom. The summed E-state index contributed by atoms with van der Waals surface area (Å²) in [5.41, 5.74) is -0.767. The van der Waals surface area contributed by atoms with E-state index in [0.29, 0.717) is 5.56 Å². The third-order valence-corrected chi connectivity index (χ3v) is 6.51. The van der Waals surface area contributed by atoms with E-state index in [9.17, 15) is 14.4 Å². The van der Waals surface area contributed by atoms with E-state index in [-0.39, 0.29) is 18.4 Å². The van der Waals surface area contributed by atoms with E-state index in [0.717, 1.165) is 4.88 Å². The number of benzene rings is 1. The van der Waals surface area contributed by atoms with Gasteiger partial charge in [0.25, 0.3) is 0 Å². The highest BCUT2D eigenvalue weighted by atomic mass is 32.1. The van der Waals surface area contributed by atoms with Crippen molar-refractivity contribution in [3.63, 3.8) is 0 Å². The van der Waals surface area contributed by atoms with Gasteiger partial charge in [-0.15, -0.1) is 11.3 Å². The highest BCUT2D eigenvalue weighted by Gasteiger charge is 2.69. The van der Waals surface area contributed by atoms with E-state index in [4.69, 9.17) is 4.74 Å². The number of fused-ring (bicyclic) bond motifs is 1. The molecule has 0 aliphatic carbocycles. The average molecular weight is 384 g/mol. The van der Waals surface area contributed by atoms with Crippen molar-refractivity contribution >= 4 is 29.1 Å². The number of imide groups is 1. The van der Waals surface area contributed by atoms with Crippen LogP contribution in [0.2, 0.25) is 0 Å². The fraction of sp³-hybridized carbons (Fsp3) is 0.350. The summed E-state index contributed by atoms with van der Waals surface area (Å²) in [4.78, 5) is 41.6. The number of amides is 2. The number of nitrogens with zero attached hydrogens (tertiary/aromatic N) is 1. The zero-order valence-corrected chi connectivity index (χ0v) is 15.9. The van der Waals surface area contributed by atoms with Crippen LogP contribution in [-0.2, 0) is 24.7 Å². The van der Waals surface area contributed by atoms with Gasteiger partial charge in [-0.3, -0.25) is 19.8 Å². The van der Waals surface area contributed by atoms with Gasteiger partial charge < -0.3 is 4.74 Å². The van der Waals surface area contributed by atoms with Crippen molar-refractivity contribution in [1.29, 1.82) is 0 Å². The van der Waals surface area contributed by atoms with E-state index in [1.165, 1.54) is 23.3 Å². The number of ether oxygens (including phenoxy) is 1. The first kappa shape index (κ1) is 17.9. The highest BCUT2D eigenvalue weighted by molar-refractivity contribution is 7.10. The van der Waals surface area contributed by atoms with E-state index < -0.39 is 29.4 Å².